The lowest BCUT2D eigenvalue weighted by Crippen LogP contribution is -2.21. The van der Waals surface area contributed by atoms with E-state index >= 15 is 0 Å². The summed E-state index contributed by atoms with van der Waals surface area (Å²) in [7, 11) is 0. The van der Waals surface area contributed by atoms with Crippen LogP contribution in [0.4, 0.5) is 0 Å². The van der Waals surface area contributed by atoms with E-state index < -0.39 is 0 Å². The molecule has 0 saturated carbocycles. The molecular weight excluding hydrogens is 252 g/mol. The summed E-state index contributed by atoms with van der Waals surface area (Å²) in [5.74, 6) is -0.0501. The number of nitrogens with two attached hydrogens (primary N) is 2. The van der Waals surface area contributed by atoms with Crippen molar-refractivity contribution in [3.8, 4) is 0 Å². The molecule has 0 aromatic heterocycles. The van der Waals surface area contributed by atoms with Crippen LogP contribution in [-0.2, 0) is 11.3 Å². The molecule has 0 fully saturated rings. The van der Waals surface area contributed by atoms with Crippen LogP contribution in [0.25, 0.3) is 0 Å². The summed E-state index contributed by atoms with van der Waals surface area (Å²) in [4.78, 5) is 0. The Morgan fingerprint density at radius 3 is 2.75 bits per heavy atom. The Kier molecular flexibility index (Phi) is 8.07. The van der Waals surface area contributed by atoms with Gasteiger partial charge in [0, 0.05) is 12.2 Å². The molecule has 20 heavy (non-hydrogen) atoms. The predicted octanol–water partition coefficient (Wildman–Crippen LogP) is 2.39. The van der Waals surface area contributed by atoms with Crippen LogP contribution in [-0.4, -0.2) is 18.8 Å². The van der Waals surface area contributed by atoms with Crippen LogP contribution in [0.2, 0.25) is 0 Å². The van der Waals surface area contributed by atoms with Crippen molar-refractivity contribution in [2.24, 2.45) is 21.7 Å². The molecular formula is C15H24N4O. The Balaban J connectivity index is 2.45. The second-order valence-corrected chi connectivity index (χ2v) is 4.58. The minimum absolute atomic E-state index is 0.0501. The van der Waals surface area contributed by atoms with Crippen molar-refractivity contribution in [3.05, 3.63) is 35.4 Å². The lowest BCUT2D eigenvalue weighted by atomic mass is 10.1. The van der Waals surface area contributed by atoms with E-state index in [2.05, 4.69) is 17.1 Å². The number of hydrogen-bond donors (Lipinski definition) is 2. The molecule has 0 atom stereocenters. The summed E-state index contributed by atoms with van der Waals surface area (Å²) in [5, 5.41) is 7.42. The van der Waals surface area contributed by atoms with Crippen LogP contribution in [0.15, 0.2) is 34.5 Å². The maximum atomic E-state index is 5.69. The van der Waals surface area contributed by atoms with Gasteiger partial charge in [0.1, 0.15) is 0 Å². The third-order valence-corrected chi connectivity index (χ3v) is 2.82. The topological polar surface area (TPSA) is 86.0 Å². The second-order valence-electron chi connectivity index (χ2n) is 4.58. The van der Waals surface area contributed by atoms with Gasteiger partial charge in [-0.05, 0) is 12.0 Å². The minimum Gasteiger partial charge on any atom is -0.377 e. The molecule has 0 aliphatic rings. The first-order valence-electron chi connectivity index (χ1n) is 7.01. The van der Waals surface area contributed by atoms with Gasteiger partial charge in [0.2, 0.25) is 5.96 Å². The maximum absolute atomic E-state index is 5.69. The fourth-order valence-corrected chi connectivity index (χ4v) is 1.76. The van der Waals surface area contributed by atoms with Gasteiger partial charge in [-0.15, -0.1) is 5.10 Å². The largest absolute Gasteiger partial charge is 0.377 e. The number of benzene rings is 1. The molecule has 0 amide bonds. The molecule has 1 rings (SSSR count). The predicted molar refractivity (Wildman–Crippen MR) is 83.6 cm³/mol. The van der Waals surface area contributed by atoms with Gasteiger partial charge in [-0.2, -0.15) is 5.10 Å². The molecule has 5 heteroatoms. The third-order valence-electron chi connectivity index (χ3n) is 2.82. The maximum Gasteiger partial charge on any atom is 0.211 e. The van der Waals surface area contributed by atoms with E-state index in [1.165, 1.54) is 19.3 Å². The average molecular weight is 276 g/mol. The highest BCUT2D eigenvalue weighted by molar-refractivity contribution is 5.83. The van der Waals surface area contributed by atoms with Crippen molar-refractivity contribution in [2.75, 3.05) is 6.61 Å². The lowest BCUT2D eigenvalue weighted by molar-refractivity contribution is 0.116. The lowest BCUT2D eigenvalue weighted by Gasteiger charge is -2.06. The van der Waals surface area contributed by atoms with Gasteiger partial charge in [0.25, 0.3) is 0 Å². The van der Waals surface area contributed by atoms with Crippen molar-refractivity contribution in [1.82, 2.24) is 0 Å². The van der Waals surface area contributed by atoms with Crippen molar-refractivity contribution >= 4 is 12.2 Å². The molecule has 0 heterocycles. The van der Waals surface area contributed by atoms with Crippen molar-refractivity contribution in [3.63, 3.8) is 0 Å². The number of nitrogens with zero attached hydrogens (tertiary/aromatic N) is 2. The van der Waals surface area contributed by atoms with Gasteiger partial charge in [0.05, 0.1) is 12.8 Å². The van der Waals surface area contributed by atoms with Crippen LogP contribution in [0.3, 0.4) is 0 Å². The van der Waals surface area contributed by atoms with Gasteiger partial charge in [-0.1, -0.05) is 50.5 Å². The molecule has 0 spiro atoms. The zero-order valence-electron chi connectivity index (χ0n) is 12.1. The van der Waals surface area contributed by atoms with Crippen LogP contribution in [0, 0.1) is 0 Å². The van der Waals surface area contributed by atoms with Gasteiger partial charge in [-0.25, -0.2) is 0 Å². The van der Waals surface area contributed by atoms with Crippen molar-refractivity contribution in [2.45, 2.75) is 39.2 Å². The number of unbranched alkanes of at least 4 members (excludes halogenated alkanes) is 3. The minimum atomic E-state index is -0.0501. The molecule has 110 valence electrons. The molecule has 0 unspecified atom stereocenters. The first-order chi connectivity index (χ1) is 9.74. The van der Waals surface area contributed by atoms with E-state index in [1.807, 2.05) is 24.3 Å². The second kappa shape index (κ2) is 9.97. The molecule has 5 nitrogen and oxygen atoms in total. The first kappa shape index (κ1) is 16.2. The molecule has 0 radical (unpaired) electrons. The molecule has 1 aromatic carbocycles. The Morgan fingerprint density at radius 2 is 2.00 bits per heavy atom. The van der Waals surface area contributed by atoms with Gasteiger partial charge in [0.15, 0.2) is 0 Å². The number of guanidine groups is 1. The van der Waals surface area contributed by atoms with Crippen molar-refractivity contribution in [1.29, 1.82) is 0 Å². The summed E-state index contributed by atoms with van der Waals surface area (Å²) in [5.41, 5.74) is 12.5. The third kappa shape index (κ3) is 6.89. The van der Waals surface area contributed by atoms with E-state index in [4.69, 9.17) is 16.2 Å². The number of rotatable bonds is 9. The zero-order valence-corrected chi connectivity index (χ0v) is 12.1. The molecule has 0 bridgehead atoms. The summed E-state index contributed by atoms with van der Waals surface area (Å²) in [6.07, 6.45) is 6.48. The normalized spacial score (nSPS) is 10.8. The Labute approximate surface area is 120 Å². The van der Waals surface area contributed by atoms with E-state index in [9.17, 15) is 0 Å². The van der Waals surface area contributed by atoms with Crippen LogP contribution in [0.5, 0.6) is 0 Å². The van der Waals surface area contributed by atoms with Gasteiger partial charge >= 0.3 is 0 Å². The highest BCUT2D eigenvalue weighted by Gasteiger charge is 1.99. The fraction of sp³-hybridized carbons (Fsp3) is 0.467. The highest BCUT2D eigenvalue weighted by atomic mass is 16.5. The standard InChI is InChI=1S/C15H24N4O/c1-2-3-4-7-10-20-12-14-9-6-5-8-13(14)11-18-19-15(16)17/h5-6,8-9,11H,2-4,7,10,12H2,1H3,(H4,16,17,19). The summed E-state index contributed by atoms with van der Waals surface area (Å²) >= 11 is 0. The van der Waals surface area contributed by atoms with Gasteiger partial charge < -0.3 is 16.2 Å². The van der Waals surface area contributed by atoms with Gasteiger partial charge in [-0.3, -0.25) is 0 Å². The summed E-state index contributed by atoms with van der Waals surface area (Å²) < 4.78 is 5.69. The zero-order chi connectivity index (χ0) is 14.6. The smallest absolute Gasteiger partial charge is 0.211 e. The molecule has 1 aromatic rings. The first-order valence-corrected chi connectivity index (χ1v) is 7.01. The number of hydrogen-bond acceptors (Lipinski definition) is 3. The summed E-state index contributed by atoms with van der Waals surface area (Å²) in [6, 6.07) is 7.90. The van der Waals surface area contributed by atoms with Crippen LogP contribution in [0.1, 0.15) is 43.7 Å². The Bertz CT molecular complexity index is 439. The average Bonchev–Trinajstić information content (AvgIpc) is 2.44. The SMILES string of the molecule is CCCCCCOCc1ccccc1C=NN=C(N)N. The molecule has 4 N–H and O–H groups in total. The fourth-order valence-electron chi connectivity index (χ4n) is 1.76. The molecule has 0 aliphatic carbocycles. The molecule has 0 aliphatic heterocycles. The van der Waals surface area contributed by atoms with Crippen molar-refractivity contribution < 1.29 is 4.74 Å². The summed E-state index contributed by atoms with van der Waals surface area (Å²) in [6.45, 7) is 3.57. The number of ether oxygens (including phenoxy) is 1. The van der Waals surface area contributed by atoms with E-state index in [0.29, 0.717) is 6.61 Å². The Morgan fingerprint density at radius 1 is 1.20 bits per heavy atom. The monoisotopic (exact) mass is 276 g/mol. The van der Waals surface area contributed by atoms with E-state index in [1.54, 1.807) is 6.21 Å². The highest BCUT2D eigenvalue weighted by Crippen LogP contribution is 2.09. The van der Waals surface area contributed by atoms with Crippen LogP contribution < -0.4 is 11.5 Å². The van der Waals surface area contributed by atoms with Crippen LogP contribution >= 0.6 is 0 Å². The van der Waals surface area contributed by atoms with E-state index in [-0.39, 0.29) is 5.96 Å². The van der Waals surface area contributed by atoms with E-state index in [0.717, 1.165) is 24.2 Å². The molecule has 0 saturated heterocycles. The quantitative estimate of drug-likeness (QED) is 0.314. The Hall–Kier alpha value is -1.88.